The lowest BCUT2D eigenvalue weighted by atomic mass is 10.1. The van der Waals surface area contributed by atoms with E-state index in [2.05, 4.69) is 5.32 Å². The summed E-state index contributed by atoms with van der Waals surface area (Å²) in [5, 5.41) is 22.9. The Bertz CT molecular complexity index is 490. The quantitative estimate of drug-likeness (QED) is 0.561. The molecule has 1 rings (SSSR count). The van der Waals surface area contributed by atoms with Crippen LogP contribution < -0.4 is 10.1 Å². The summed E-state index contributed by atoms with van der Waals surface area (Å²) in [5.41, 5.74) is -0.0219. The van der Waals surface area contributed by atoms with Crippen LogP contribution in [0, 0.1) is 10.1 Å². The summed E-state index contributed by atoms with van der Waals surface area (Å²) in [4.78, 5) is 21.6. The lowest BCUT2D eigenvalue weighted by molar-refractivity contribution is -0.384. The molecule has 0 aliphatic heterocycles. The summed E-state index contributed by atoms with van der Waals surface area (Å²) in [6.07, 6.45) is 2.00. The van der Waals surface area contributed by atoms with E-state index in [-0.39, 0.29) is 11.4 Å². The number of ether oxygens (including phenoxy) is 1. The predicted molar refractivity (Wildman–Crippen MR) is 74.2 cm³/mol. The Kier molecular flexibility index (Phi) is 5.76. The molecular formula is C13H18N2O5. The van der Waals surface area contributed by atoms with E-state index in [1.165, 1.54) is 19.2 Å². The lowest BCUT2D eigenvalue weighted by Crippen LogP contribution is -2.29. The first-order valence-electron chi connectivity index (χ1n) is 6.31. The van der Waals surface area contributed by atoms with E-state index < -0.39 is 16.9 Å². The van der Waals surface area contributed by atoms with Crippen molar-refractivity contribution in [2.24, 2.45) is 0 Å². The molecule has 7 nitrogen and oxygen atoms in total. The summed E-state index contributed by atoms with van der Waals surface area (Å²) in [6, 6.07) is 3.43. The molecule has 0 aliphatic rings. The van der Waals surface area contributed by atoms with Crippen LogP contribution in [0.15, 0.2) is 18.2 Å². The van der Waals surface area contributed by atoms with Crippen LogP contribution in [0.1, 0.15) is 26.2 Å². The van der Waals surface area contributed by atoms with Gasteiger partial charge in [-0.3, -0.25) is 10.1 Å². The van der Waals surface area contributed by atoms with E-state index in [9.17, 15) is 14.9 Å². The molecule has 0 aliphatic carbocycles. The molecule has 1 unspecified atom stereocenters. The maximum atomic E-state index is 11.2. The molecular weight excluding hydrogens is 264 g/mol. The fraction of sp³-hybridized carbons (Fsp3) is 0.462. The van der Waals surface area contributed by atoms with Crippen molar-refractivity contribution >= 4 is 17.3 Å². The van der Waals surface area contributed by atoms with Gasteiger partial charge in [0.1, 0.15) is 17.5 Å². The minimum atomic E-state index is -1.02. The average molecular weight is 282 g/mol. The van der Waals surface area contributed by atoms with E-state index >= 15 is 0 Å². The zero-order valence-corrected chi connectivity index (χ0v) is 11.5. The maximum absolute atomic E-state index is 11.2. The third-order valence-corrected chi connectivity index (χ3v) is 2.88. The van der Waals surface area contributed by atoms with Crippen molar-refractivity contribution in [3.05, 3.63) is 28.3 Å². The van der Waals surface area contributed by atoms with Crippen LogP contribution in [0.2, 0.25) is 0 Å². The summed E-state index contributed by atoms with van der Waals surface area (Å²) in [7, 11) is 1.41. The van der Waals surface area contributed by atoms with Gasteiger partial charge in [0, 0.05) is 0 Å². The molecule has 1 atom stereocenters. The van der Waals surface area contributed by atoms with Crippen molar-refractivity contribution in [1.29, 1.82) is 0 Å². The van der Waals surface area contributed by atoms with E-state index in [0.29, 0.717) is 12.2 Å². The zero-order chi connectivity index (χ0) is 15.1. The lowest BCUT2D eigenvalue weighted by Gasteiger charge is -2.15. The predicted octanol–water partition coefficient (Wildman–Crippen LogP) is 2.66. The Morgan fingerprint density at radius 2 is 2.25 bits per heavy atom. The number of nitro groups is 1. The maximum Gasteiger partial charge on any atom is 0.326 e. The van der Waals surface area contributed by atoms with Gasteiger partial charge in [-0.25, -0.2) is 4.79 Å². The Morgan fingerprint density at radius 1 is 1.55 bits per heavy atom. The SMILES string of the molecule is CCCCC(Nc1ccc(OC)cc1[N+](=O)[O-])C(=O)O. The monoisotopic (exact) mass is 282 g/mol. The number of anilines is 1. The minimum absolute atomic E-state index is 0.180. The van der Waals surface area contributed by atoms with Gasteiger partial charge in [0.25, 0.3) is 5.69 Å². The molecule has 0 fully saturated rings. The van der Waals surface area contributed by atoms with Crippen LogP contribution >= 0.6 is 0 Å². The number of unbranched alkanes of at least 4 members (excludes halogenated alkanes) is 1. The Hall–Kier alpha value is -2.31. The molecule has 0 bridgehead atoms. The number of nitro benzene ring substituents is 1. The second-order valence-electron chi connectivity index (χ2n) is 4.32. The summed E-state index contributed by atoms with van der Waals surface area (Å²) in [6.45, 7) is 1.95. The average Bonchev–Trinajstić information content (AvgIpc) is 2.42. The summed E-state index contributed by atoms with van der Waals surface area (Å²) >= 11 is 0. The van der Waals surface area contributed by atoms with Crippen LogP contribution in [0.25, 0.3) is 0 Å². The number of nitrogens with one attached hydrogen (secondary N) is 1. The third-order valence-electron chi connectivity index (χ3n) is 2.88. The molecule has 20 heavy (non-hydrogen) atoms. The molecule has 0 saturated carbocycles. The molecule has 2 N–H and O–H groups in total. The Morgan fingerprint density at radius 3 is 2.75 bits per heavy atom. The normalized spacial score (nSPS) is 11.7. The molecule has 0 heterocycles. The molecule has 0 aromatic heterocycles. The van der Waals surface area contributed by atoms with Gasteiger partial charge in [-0.05, 0) is 18.6 Å². The molecule has 0 saturated heterocycles. The first-order chi connectivity index (χ1) is 9.49. The van der Waals surface area contributed by atoms with Crippen molar-refractivity contribution in [3.8, 4) is 5.75 Å². The second kappa shape index (κ2) is 7.32. The molecule has 110 valence electrons. The highest BCUT2D eigenvalue weighted by atomic mass is 16.6. The van der Waals surface area contributed by atoms with Gasteiger partial charge in [-0.2, -0.15) is 0 Å². The summed E-state index contributed by atoms with van der Waals surface area (Å²) in [5.74, 6) is -0.675. The number of hydrogen-bond donors (Lipinski definition) is 2. The Labute approximate surface area is 116 Å². The smallest absolute Gasteiger partial charge is 0.326 e. The highest BCUT2D eigenvalue weighted by molar-refractivity contribution is 5.79. The van der Waals surface area contributed by atoms with E-state index in [0.717, 1.165) is 12.8 Å². The van der Waals surface area contributed by atoms with Crippen LogP contribution in [0.5, 0.6) is 5.75 Å². The van der Waals surface area contributed by atoms with Crippen molar-refractivity contribution in [2.45, 2.75) is 32.2 Å². The van der Waals surface area contributed by atoms with Crippen LogP contribution in [0.4, 0.5) is 11.4 Å². The highest BCUT2D eigenvalue weighted by Crippen LogP contribution is 2.29. The molecule has 1 aromatic rings. The number of nitrogens with zero attached hydrogens (tertiary/aromatic N) is 1. The molecule has 0 spiro atoms. The van der Waals surface area contributed by atoms with Gasteiger partial charge in [0.15, 0.2) is 0 Å². The third kappa shape index (κ3) is 4.11. The van der Waals surface area contributed by atoms with Crippen molar-refractivity contribution < 1.29 is 19.6 Å². The fourth-order valence-electron chi connectivity index (χ4n) is 1.76. The Balaban J connectivity index is 2.99. The molecule has 1 aromatic carbocycles. The van der Waals surface area contributed by atoms with E-state index in [4.69, 9.17) is 9.84 Å². The molecule has 0 amide bonds. The minimum Gasteiger partial charge on any atom is -0.496 e. The number of rotatable bonds is 8. The number of carboxylic acids is 1. The van der Waals surface area contributed by atoms with Crippen molar-refractivity contribution in [1.82, 2.24) is 0 Å². The van der Waals surface area contributed by atoms with E-state index in [1.807, 2.05) is 6.92 Å². The first kappa shape index (κ1) is 15.7. The van der Waals surface area contributed by atoms with Crippen LogP contribution in [-0.2, 0) is 4.79 Å². The summed E-state index contributed by atoms with van der Waals surface area (Å²) < 4.78 is 4.93. The second-order valence-corrected chi connectivity index (χ2v) is 4.32. The van der Waals surface area contributed by atoms with E-state index in [1.54, 1.807) is 6.07 Å². The number of benzene rings is 1. The van der Waals surface area contributed by atoms with Crippen LogP contribution in [-0.4, -0.2) is 29.2 Å². The van der Waals surface area contributed by atoms with Gasteiger partial charge in [-0.15, -0.1) is 0 Å². The van der Waals surface area contributed by atoms with Gasteiger partial charge in [0.2, 0.25) is 0 Å². The topological polar surface area (TPSA) is 102 Å². The number of aliphatic carboxylic acids is 1. The number of carbonyl (C=O) groups is 1. The molecule has 0 radical (unpaired) electrons. The highest BCUT2D eigenvalue weighted by Gasteiger charge is 2.22. The van der Waals surface area contributed by atoms with Crippen LogP contribution in [0.3, 0.4) is 0 Å². The van der Waals surface area contributed by atoms with Gasteiger partial charge in [-0.1, -0.05) is 19.8 Å². The number of methoxy groups -OCH3 is 1. The number of carboxylic acid groups (broad SMARTS) is 1. The largest absolute Gasteiger partial charge is 0.496 e. The zero-order valence-electron chi connectivity index (χ0n) is 11.5. The van der Waals surface area contributed by atoms with Gasteiger partial charge in [0.05, 0.1) is 18.1 Å². The van der Waals surface area contributed by atoms with Gasteiger partial charge >= 0.3 is 5.97 Å². The fourth-order valence-corrected chi connectivity index (χ4v) is 1.76. The standard InChI is InChI=1S/C13H18N2O5/c1-3-4-5-11(13(16)17)14-10-7-6-9(20-2)8-12(10)15(18)19/h6-8,11,14H,3-5H2,1-2H3,(H,16,17). The number of hydrogen-bond acceptors (Lipinski definition) is 5. The van der Waals surface area contributed by atoms with Crippen molar-refractivity contribution in [2.75, 3.05) is 12.4 Å². The molecule has 7 heteroatoms. The van der Waals surface area contributed by atoms with Gasteiger partial charge < -0.3 is 15.2 Å². The van der Waals surface area contributed by atoms with Crippen molar-refractivity contribution in [3.63, 3.8) is 0 Å². The first-order valence-corrected chi connectivity index (χ1v) is 6.31.